The second-order valence-electron chi connectivity index (χ2n) is 2.97. The highest BCUT2D eigenvalue weighted by Crippen LogP contribution is 2.29. The molecule has 0 unspecified atom stereocenters. The fraction of sp³-hybridized carbons (Fsp3) is 0.333. The molecule has 0 aliphatic rings. The number of benzene rings is 1. The zero-order valence-corrected chi connectivity index (χ0v) is 8.23. The van der Waals surface area contributed by atoms with Gasteiger partial charge in [-0.2, -0.15) is 0 Å². The van der Waals surface area contributed by atoms with Crippen LogP contribution in [0.2, 0.25) is 5.02 Å². The van der Waals surface area contributed by atoms with Crippen molar-refractivity contribution in [2.45, 2.75) is 20.0 Å². The maximum Gasteiger partial charge on any atom is 0.149 e. The highest BCUT2D eigenvalue weighted by atomic mass is 35.5. The van der Waals surface area contributed by atoms with Crippen molar-refractivity contribution in [3.05, 3.63) is 23.0 Å². The van der Waals surface area contributed by atoms with Crippen LogP contribution in [0.3, 0.4) is 0 Å². The Labute approximate surface area is 81.4 Å². The van der Waals surface area contributed by atoms with Gasteiger partial charge in [0.05, 0.1) is 16.8 Å². The van der Waals surface area contributed by atoms with Crippen LogP contribution in [0, 0.1) is 5.82 Å². The van der Waals surface area contributed by atoms with Crippen molar-refractivity contribution < 1.29 is 9.13 Å². The molecule has 2 N–H and O–H groups in total. The molecule has 0 amide bonds. The zero-order chi connectivity index (χ0) is 10.0. The number of halogens is 2. The van der Waals surface area contributed by atoms with Crippen LogP contribution in [0.5, 0.6) is 5.75 Å². The van der Waals surface area contributed by atoms with Crippen molar-refractivity contribution >= 4 is 17.3 Å². The number of ether oxygens (including phenoxy) is 1. The summed E-state index contributed by atoms with van der Waals surface area (Å²) in [5.74, 6) is -0.191. The Balaban J connectivity index is 3.01. The average molecular weight is 204 g/mol. The molecular formula is C9H11ClFNO. The molecule has 1 rings (SSSR count). The SMILES string of the molecule is CC(C)Oc1cc(F)c(N)cc1Cl. The first-order valence-electron chi connectivity index (χ1n) is 3.92. The Morgan fingerprint density at radius 1 is 1.46 bits per heavy atom. The van der Waals surface area contributed by atoms with E-state index in [1.165, 1.54) is 12.1 Å². The lowest BCUT2D eigenvalue weighted by atomic mass is 10.3. The van der Waals surface area contributed by atoms with Crippen molar-refractivity contribution in [1.82, 2.24) is 0 Å². The third kappa shape index (κ3) is 2.49. The molecule has 13 heavy (non-hydrogen) atoms. The monoisotopic (exact) mass is 203 g/mol. The quantitative estimate of drug-likeness (QED) is 0.751. The molecule has 1 aromatic carbocycles. The fourth-order valence-electron chi connectivity index (χ4n) is 0.888. The first-order valence-corrected chi connectivity index (χ1v) is 4.29. The summed E-state index contributed by atoms with van der Waals surface area (Å²) < 4.78 is 18.2. The van der Waals surface area contributed by atoms with Crippen LogP contribution in [0.1, 0.15) is 13.8 Å². The van der Waals surface area contributed by atoms with Gasteiger partial charge in [0.25, 0.3) is 0 Å². The predicted molar refractivity (Wildman–Crippen MR) is 51.6 cm³/mol. The molecule has 0 spiro atoms. The van der Waals surface area contributed by atoms with Gasteiger partial charge in [0.15, 0.2) is 0 Å². The predicted octanol–water partition coefficient (Wildman–Crippen LogP) is 2.85. The fourth-order valence-corrected chi connectivity index (χ4v) is 1.10. The van der Waals surface area contributed by atoms with Crippen LogP contribution < -0.4 is 10.5 Å². The summed E-state index contributed by atoms with van der Waals surface area (Å²) in [4.78, 5) is 0. The molecule has 0 heterocycles. The minimum atomic E-state index is -0.514. The van der Waals surface area contributed by atoms with Gasteiger partial charge in [-0.3, -0.25) is 0 Å². The van der Waals surface area contributed by atoms with E-state index in [-0.39, 0.29) is 11.8 Å². The minimum absolute atomic E-state index is 0.0288. The Hall–Kier alpha value is -0.960. The first-order chi connectivity index (χ1) is 6.00. The highest BCUT2D eigenvalue weighted by Gasteiger charge is 2.08. The molecule has 0 aromatic heterocycles. The van der Waals surface area contributed by atoms with E-state index < -0.39 is 5.82 Å². The van der Waals surface area contributed by atoms with Crippen molar-refractivity contribution in [2.75, 3.05) is 5.73 Å². The van der Waals surface area contributed by atoms with E-state index in [1.807, 2.05) is 13.8 Å². The van der Waals surface area contributed by atoms with Crippen LogP contribution in [-0.4, -0.2) is 6.10 Å². The summed E-state index contributed by atoms with van der Waals surface area (Å²) in [7, 11) is 0. The summed E-state index contributed by atoms with van der Waals surface area (Å²) in [6, 6.07) is 2.53. The van der Waals surface area contributed by atoms with Crippen LogP contribution in [0.15, 0.2) is 12.1 Å². The average Bonchev–Trinajstić information content (AvgIpc) is 1.99. The van der Waals surface area contributed by atoms with E-state index in [0.29, 0.717) is 10.8 Å². The smallest absolute Gasteiger partial charge is 0.149 e. The van der Waals surface area contributed by atoms with Gasteiger partial charge in [-0.25, -0.2) is 4.39 Å². The van der Waals surface area contributed by atoms with Gasteiger partial charge in [-0.05, 0) is 19.9 Å². The van der Waals surface area contributed by atoms with Crippen molar-refractivity contribution in [3.8, 4) is 5.75 Å². The molecule has 1 aromatic rings. The lowest BCUT2D eigenvalue weighted by Crippen LogP contribution is -2.06. The third-order valence-corrected chi connectivity index (χ3v) is 1.71. The Kier molecular flexibility index (Phi) is 2.98. The van der Waals surface area contributed by atoms with Crippen LogP contribution >= 0.6 is 11.6 Å². The van der Waals surface area contributed by atoms with Crippen molar-refractivity contribution in [1.29, 1.82) is 0 Å². The van der Waals surface area contributed by atoms with Crippen LogP contribution in [-0.2, 0) is 0 Å². The Bertz CT molecular complexity index is 315. The molecule has 4 heteroatoms. The summed E-state index contributed by atoms with van der Waals surface area (Å²) in [6.45, 7) is 3.68. The number of nitrogens with two attached hydrogens (primary N) is 1. The van der Waals surface area contributed by atoms with Gasteiger partial charge in [0, 0.05) is 6.07 Å². The second kappa shape index (κ2) is 3.83. The summed E-state index contributed by atoms with van der Waals surface area (Å²) in [5.41, 5.74) is 5.33. The van der Waals surface area contributed by atoms with E-state index in [0.717, 1.165) is 0 Å². The Morgan fingerprint density at radius 3 is 2.62 bits per heavy atom. The largest absolute Gasteiger partial charge is 0.489 e. The molecule has 0 aliphatic heterocycles. The van der Waals surface area contributed by atoms with Gasteiger partial charge in [-0.1, -0.05) is 11.6 Å². The van der Waals surface area contributed by atoms with Gasteiger partial charge >= 0.3 is 0 Å². The molecule has 2 nitrogen and oxygen atoms in total. The molecule has 0 radical (unpaired) electrons. The van der Waals surface area contributed by atoms with E-state index in [2.05, 4.69) is 0 Å². The van der Waals surface area contributed by atoms with E-state index >= 15 is 0 Å². The molecule has 0 bridgehead atoms. The minimum Gasteiger partial charge on any atom is -0.489 e. The molecule has 0 atom stereocenters. The Morgan fingerprint density at radius 2 is 2.08 bits per heavy atom. The molecular weight excluding hydrogens is 193 g/mol. The van der Waals surface area contributed by atoms with Gasteiger partial charge in [0.1, 0.15) is 11.6 Å². The molecule has 72 valence electrons. The van der Waals surface area contributed by atoms with Gasteiger partial charge in [-0.15, -0.1) is 0 Å². The number of nitrogen functional groups attached to an aromatic ring is 1. The van der Waals surface area contributed by atoms with Crippen molar-refractivity contribution in [3.63, 3.8) is 0 Å². The van der Waals surface area contributed by atoms with Crippen LogP contribution in [0.4, 0.5) is 10.1 Å². The maximum atomic E-state index is 12.9. The molecule has 0 saturated carbocycles. The molecule has 0 fully saturated rings. The van der Waals surface area contributed by atoms with Crippen molar-refractivity contribution in [2.24, 2.45) is 0 Å². The number of anilines is 1. The van der Waals surface area contributed by atoms with E-state index in [9.17, 15) is 4.39 Å². The zero-order valence-electron chi connectivity index (χ0n) is 7.47. The second-order valence-corrected chi connectivity index (χ2v) is 3.38. The third-order valence-electron chi connectivity index (χ3n) is 1.41. The van der Waals surface area contributed by atoms with Gasteiger partial charge in [0.2, 0.25) is 0 Å². The number of rotatable bonds is 2. The summed E-state index contributed by atoms with van der Waals surface area (Å²) in [5, 5.41) is 0.326. The highest BCUT2D eigenvalue weighted by molar-refractivity contribution is 6.32. The maximum absolute atomic E-state index is 12.9. The van der Waals surface area contributed by atoms with Crippen LogP contribution in [0.25, 0.3) is 0 Å². The van der Waals surface area contributed by atoms with Gasteiger partial charge < -0.3 is 10.5 Å². The van der Waals surface area contributed by atoms with E-state index in [4.69, 9.17) is 22.1 Å². The number of hydrogen-bond acceptors (Lipinski definition) is 2. The standard InChI is InChI=1S/C9H11ClFNO/c1-5(2)13-9-4-7(11)8(12)3-6(9)10/h3-5H,12H2,1-2H3. The first kappa shape index (κ1) is 10.1. The summed E-state index contributed by atoms with van der Waals surface area (Å²) in [6.07, 6.45) is -0.0412. The topological polar surface area (TPSA) is 35.2 Å². The normalized spacial score (nSPS) is 10.5. The molecule has 0 saturated heterocycles. The van der Waals surface area contributed by atoms with E-state index in [1.54, 1.807) is 0 Å². The summed E-state index contributed by atoms with van der Waals surface area (Å²) >= 11 is 5.77. The lowest BCUT2D eigenvalue weighted by Gasteiger charge is -2.11. The lowest BCUT2D eigenvalue weighted by molar-refractivity contribution is 0.241. The number of hydrogen-bond donors (Lipinski definition) is 1. The molecule has 0 aliphatic carbocycles.